The van der Waals surface area contributed by atoms with Gasteiger partial charge in [0.25, 0.3) is 0 Å². The summed E-state index contributed by atoms with van der Waals surface area (Å²) in [5, 5.41) is 6.63. The first-order chi connectivity index (χ1) is 9.71. The summed E-state index contributed by atoms with van der Waals surface area (Å²) in [6.45, 7) is 8.95. The SMILES string of the molecule is CCNC(=NCCC(=O)N(CC)CC)NC1CC=CC1.I. The first kappa shape index (κ1) is 20.2. The van der Waals surface area contributed by atoms with Crippen molar-refractivity contribution in [1.29, 1.82) is 0 Å². The lowest BCUT2D eigenvalue weighted by Gasteiger charge is -2.19. The Labute approximate surface area is 145 Å². The van der Waals surface area contributed by atoms with Crippen LogP contribution in [-0.4, -0.2) is 49.0 Å². The average molecular weight is 408 g/mol. The van der Waals surface area contributed by atoms with Crippen LogP contribution in [0.3, 0.4) is 0 Å². The van der Waals surface area contributed by atoms with E-state index in [0.717, 1.165) is 38.4 Å². The molecule has 0 saturated heterocycles. The average Bonchev–Trinajstić information content (AvgIpc) is 2.93. The molecule has 0 spiro atoms. The molecule has 122 valence electrons. The standard InChI is InChI=1S/C15H28N4O.HI/c1-4-16-15(18-13-9-7-8-10-13)17-12-11-14(20)19(5-2)6-3;/h7-8,13H,4-6,9-12H2,1-3H3,(H2,16,17,18);1H. The Bertz CT molecular complexity index is 346. The number of rotatable bonds is 7. The van der Waals surface area contributed by atoms with Crippen LogP contribution in [0, 0.1) is 0 Å². The second-order valence-corrected chi connectivity index (χ2v) is 4.86. The molecule has 0 aromatic carbocycles. The predicted molar refractivity (Wildman–Crippen MR) is 99.2 cm³/mol. The largest absolute Gasteiger partial charge is 0.357 e. The number of hydrogen-bond donors (Lipinski definition) is 2. The van der Waals surface area contributed by atoms with E-state index in [1.54, 1.807) is 0 Å². The van der Waals surface area contributed by atoms with Crippen molar-refractivity contribution in [1.82, 2.24) is 15.5 Å². The highest BCUT2D eigenvalue weighted by molar-refractivity contribution is 14.0. The smallest absolute Gasteiger partial charge is 0.224 e. The minimum Gasteiger partial charge on any atom is -0.357 e. The molecule has 0 fully saturated rings. The van der Waals surface area contributed by atoms with Gasteiger partial charge in [0.2, 0.25) is 5.91 Å². The van der Waals surface area contributed by atoms with Crippen LogP contribution in [0.1, 0.15) is 40.0 Å². The van der Waals surface area contributed by atoms with Crippen LogP contribution >= 0.6 is 24.0 Å². The zero-order valence-electron chi connectivity index (χ0n) is 13.4. The molecule has 1 aliphatic rings. The monoisotopic (exact) mass is 408 g/mol. The highest BCUT2D eigenvalue weighted by atomic mass is 127. The van der Waals surface area contributed by atoms with E-state index < -0.39 is 0 Å². The van der Waals surface area contributed by atoms with Gasteiger partial charge in [-0.25, -0.2) is 0 Å². The lowest BCUT2D eigenvalue weighted by Crippen LogP contribution is -2.42. The summed E-state index contributed by atoms with van der Waals surface area (Å²) in [7, 11) is 0. The van der Waals surface area contributed by atoms with E-state index in [1.165, 1.54) is 0 Å². The van der Waals surface area contributed by atoms with Crippen molar-refractivity contribution in [2.24, 2.45) is 4.99 Å². The van der Waals surface area contributed by atoms with E-state index >= 15 is 0 Å². The molecule has 2 N–H and O–H groups in total. The first-order valence-electron chi connectivity index (χ1n) is 7.68. The summed E-state index contributed by atoms with van der Waals surface area (Å²) in [6.07, 6.45) is 6.93. The first-order valence-corrected chi connectivity index (χ1v) is 7.68. The summed E-state index contributed by atoms with van der Waals surface area (Å²) < 4.78 is 0. The molecule has 0 aliphatic heterocycles. The highest BCUT2D eigenvalue weighted by Gasteiger charge is 2.12. The third-order valence-corrected chi connectivity index (χ3v) is 3.40. The van der Waals surface area contributed by atoms with E-state index in [4.69, 9.17) is 0 Å². The molecule has 0 aromatic rings. The van der Waals surface area contributed by atoms with Gasteiger partial charge in [0.15, 0.2) is 5.96 Å². The molecule has 1 rings (SSSR count). The molecule has 0 bridgehead atoms. The minimum atomic E-state index is 0. The van der Waals surface area contributed by atoms with Gasteiger partial charge in [0, 0.05) is 32.1 Å². The van der Waals surface area contributed by atoms with E-state index in [-0.39, 0.29) is 29.9 Å². The highest BCUT2D eigenvalue weighted by Crippen LogP contribution is 2.08. The number of carbonyl (C=O) groups excluding carboxylic acids is 1. The molecule has 0 unspecified atom stereocenters. The van der Waals surface area contributed by atoms with Crippen molar-refractivity contribution in [3.63, 3.8) is 0 Å². The maximum atomic E-state index is 11.9. The van der Waals surface area contributed by atoms with Crippen LogP contribution in [0.4, 0.5) is 0 Å². The fraction of sp³-hybridized carbons (Fsp3) is 0.733. The van der Waals surface area contributed by atoms with Crippen molar-refractivity contribution in [2.75, 3.05) is 26.2 Å². The summed E-state index contributed by atoms with van der Waals surface area (Å²) >= 11 is 0. The Morgan fingerprint density at radius 2 is 1.86 bits per heavy atom. The lowest BCUT2D eigenvalue weighted by molar-refractivity contribution is -0.130. The minimum absolute atomic E-state index is 0. The van der Waals surface area contributed by atoms with Gasteiger partial charge in [0.1, 0.15) is 0 Å². The molecule has 0 atom stereocenters. The fourth-order valence-electron chi connectivity index (χ4n) is 2.25. The molecule has 5 nitrogen and oxygen atoms in total. The zero-order valence-corrected chi connectivity index (χ0v) is 15.7. The number of amides is 1. The van der Waals surface area contributed by atoms with Gasteiger partial charge in [-0.2, -0.15) is 0 Å². The number of aliphatic imine (C=N–C) groups is 1. The number of nitrogens with zero attached hydrogens (tertiary/aromatic N) is 2. The Morgan fingerprint density at radius 3 is 2.38 bits per heavy atom. The summed E-state index contributed by atoms with van der Waals surface area (Å²) in [6, 6.07) is 0.436. The van der Waals surface area contributed by atoms with Crippen LogP contribution in [0.25, 0.3) is 0 Å². The summed E-state index contributed by atoms with van der Waals surface area (Å²) in [5.41, 5.74) is 0. The topological polar surface area (TPSA) is 56.7 Å². The maximum Gasteiger partial charge on any atom is 0.224 e. The van der Waals surface area contributed by atoms with Crippen LogP contribution in [0.15, 0.2) is 17.1 Å². The Hall–Kier alpha value is -0.790. The van der Waals surface area contributed by atoms with Crippen molar-refractivity contribution in [3.8, 4) is 0 Å². The quantitative estimate of drug-likeness (QED) is 0.294. The molecule has 1 aliphatic carbocycles. The second kappa shape index (κ2) is 11.8. The fourth-order valence-corrected chi connectivity index (χ4v) is 2.25. The molecule has 0 radical (unpaired) electrons. The number of carbonyl (C=O) groups is 1. The zero-order chi connectivity index (χ0) is 14.8. The molecule has 0 heterocycles. The van der Waals surface area contributed by atoms with E-state index in [0.29, 0.717) is 19.0 Å². The summed E-state index contributed by atoms with van der Waals surface area (Å²) in [5.74, 6) is 0.991. The van der Waals surface area contributed by atoms with Crippen molar-refractivity contribution in [2.45, 2.75) is 46.1 Å². The third-order valence-electron chi connectivity index (χ3n) is 3.40. The van der Waals surface area contributed by atoms with Gasteiger partial charge in [-0.15, -0.1) is 24.0 Å². The number of guanidine groups is 1. The normalized spacial score (nSPS) is 14.7. The molecular weight excluding hydrogens is 379 g/mol. The predicted octanol–water partition coefficient (Wildman–Crippen LogP) is 2.14. The number of hydrogen-bond acceptors (Lipinski definition) is 2. The van der Waals surface area contributed by atoms with E-state index in [2.05, 4.69) is 27.8 Å². The molecule has 21 heavy (non-hydrogen) atoms. The van der Waals surface area contributed by atoms with Crippen molar-refractivity contribution in [3.05, 3.63) is 12.2 Å². The van der Waals surface area contributed by atoms with E-state index in [1.807, 2.05) is 25.7 Å². The van der Waals surface area contributed by atoms with Crippen molar-refractivity contribution < 1.29 is 4.79 Å². The number of nitrogens with one attached hydrogen (secondary N) is 2. The lowest BCUT2D eigenvalue weighted by atomic mass is 10.2. The Balaban J connectivity index is 0.00000400. The molecular formula is C15H29IN4O. The van der Waals surface area contributed by atoms with Crippen LogP contribution < -0.4 is 10.6 Å². The van der Waals surface area contributed by atoms with Crippen LogP contribution in [0.5, 0.6) is 0 Å². The second-order valence-electron chi connectivity index (χ2n) is 4.86. The molecule has 1 amide bonds. The van der Waals surface area contributed by atoms with Crippen LogP contribution in [0.2, 0.25) is 0 Å². The molecule has 0 aromatic heterocycles. The van der Waals surface area contributed by atoms with Gasteiger partial charge >= 0.3 is 0 Å². The van der Waals surface area contributed by atoms with Gasteiger partial charge in [-0.3, -0.25) is 9.79 Å². The van der Waals surface area contributed by atoms with Crippen LogP contribution in [-0.2, 0) is 4.79 Å². The maximum absolute atomic E-state index is 11.9. The van der Waals surface area contributed by atoms with Crippen molar-refractivity contribution >= 4 is 35.8 Å². The van der Waals surface area contributed by atoms with Gasteiger partial charge in [-0.05, 0) is 33.6 Å². The van der Waals surface area contributed by atoms with Gasteiger partial charge in [0.05, 0.1) is 6.54 Å². The Morgan fingerprint density at radius 1 is 1.24 bits per heavy atom. The summed E-state index contributed by atoms with van der Waals surface area (Å²) in [4.78, 5) is 18.2. The third kappa shape index (κ3) is 7.68. The van der Waals surface area contributed by atoms with Gasteiger partial charge in [-0.1, -0.05) is 12.2 Å². The van der Waals surface area contributed by atoms with E-state index in [9.17, 15) is 4.79 Å². The molecule has 0 saturated carbocycles. The van der Waals surface area contributed by atoms with Gasteiger partial charge < -0.3 is 15.5 Å². The Kier molecular flexibility index (Phi) is 11.4. The molecule has 6 heteroatoms. The number of halogens is 1.